The number of aldehydes is 1. The molecule has 2 aliphatic rings. The highest BCUT2D eigenvalue weighted by molar-refractivity contribution is 5.88. The highest BCUT2D eigenvalue weighted by Gasteiger charge is 2.44. The normalized spacial score (nSPS) is 26.5. The van der Waals surface area contributed by atoms with Crippen LogP contribution in [0, 0.1) is 17.8 Å². The molecule has 0 saturated carbocycles. The van der Waals surface area contributed by atoms with Crippen LogP contribution in [-0.4, -0.2) is 36.4 Å². The number of allylic oxidation sites excluding steroid dienone is 2. The molecule has 0 aromatic carbocycles. The van der Waals surface area contributed by atoms with E-state index < -0.39 is 30.3 Å². The van der Waals surface area contributed by atoms with Gasteiger partial charge in [-0.05, 0) is 37.2 Å². The third kappa shape index (κ3) is 6.64. The van der Waals surface area contributed by atoms with E-state index in [1.807, 2.05) is 19.9 Å². The zero-order valence-electron chi connectivity index (χ0n) is 18.7. The average molecular weight is 433 g/mol. The average Bonchev–Trinajstić information content (AvgIpc) is 2.75. The minimum atomic E-state index is -1.09. The Hall–Kier alpha value is -2.70. The third-order valence-corrected chi connectivity index (χ3v) is 5.50. The first kappa shape index (κ1) is 24.6. The summed E-state index contributed by atoms with van der Waals surface area (Å²) in [4.78, 5) is 47.9. The van der Waals surface area contributed by atoms with Gasteiger partial charge in [-0.1, -0.05) is 32.1 Å². The third-order valence-electron chi connectivity index (χ3n) is 5.50. The maximum absolute atomic E-state index is 13.0. The molecule has 0 spiro atoms. The molecule has 4 unspecified atom stereocenters. The number of rotatable bonds is 7. The van der Waals surface area contributed by atoms with Crippen molar-refractivity contribution in [3.8, 4) is 0 Å². The van der Waals surface area contributed by atoms with Gasteiger partial charge >= 0.3 is 11.9 Å². The molecule has 0 fully saturated rings. The van der Waals surface area contributed by atoms with Crippen molar-refractivity contribution in [2.45, 2.75) is 72.2 Å². The van der Waals surface area contributed by atoms with Gasteiger partial charge in [-0.2, -0.15) is 0 Å². The number of carbonyl (C=O) groups excluding carboxylic acids is 4. The fourth-order valence-corrected chi connectivity index (χ4v) is 4.19. The van der Waals surface area contributed by atoms with Crippen molar-refractivity contribution in [3.63, 3.8) is 0 Å². The summed E-state index contributed by atoms with van der Waals surface area (Å²) in [5.74, 6) is -1.97. The first-order valence-corrected chi connectivity index (χ1v) is 10.7. The lowest BCUT2D eigenvalue weighted by atomic mass is 9.74. The molecule has 0 aromatic heterocycles. The molecule has 0 bridgehead atoms. The Labute approximate surface area is 183 Å². The molecule has 0 amide bonds. The van der Waals surface area contributed by atoms with Crippen LogP contribution >= 0.6 is 0 Å². The van der Waals surface area contributed by atoms with E-state index in [2.05, 4.69) is 6.58 Å². The second-order valence-electron chi connectivity index (χ2n) is 8.55. The topological polar surface area (TPSA) is 96.0 Å². The molecule has 1 aliphatic heterocycles. The molecule has 170 valence electrons. The summed E-state index contributed by atoms with van der Waals surface area (Å²) >= 11 is 0. The number of ether oxygens (including phenoxy) is 3. The Bertz CT molecular complexity index is 790. The van der Waals surface area contributed by atoms with Crippen molar-refractivity contribution in [1.29, 1.82) is 0 Å². The first-order chi connectivity index (χ1) is 14.6. The zero-order chi connectivity index (χ0) is 23.1. The van der Waals surface area contributed by atoms with E-state index in [0.29, 0.717) is 36.8 Å². The molecule has 7 heteroatoms. The van der Waals surface area contributed by atoms with Gasteiger partial charge in [0, 0.05) is 31.8 Å². The maximum atomic E-state index is 13.0. The Morgan fingerprint density at radius 3 is 2.52 bits per heavy atom. The quantitative estimate of drug-likeness (QED) is 0.343. The maximum Gasteiger partial charge on any atom is 0.305 e. The van der Waals surface area contributed by atoms with Crippen molar-refractivity contribution in [3.05, 3.63) is 35.6 Å². The summed E-state index contributed by atoms with van der Waals surface area (Å²) in [6, 6.07) is 0. The number of Topliss-reactive ketones (excluding diaryl/α,β-unsaturated/α-hetero) is 1. The largest absolute Gasteiger partial charge is 0.462 e. The highest BCUT2D eigenvalue weighted by Crippen LogP contribution is 2.43. The number of fused-ring (bicyclic) bond motifs is 1. The molecular weight excluding hydrogens is 400 g/mol. The van der Waals surface area contributed by atoms with Crippen molar-refractivity contribution in [2.24, 2.45) is 17.8 Å². The van der Waals surface area contributed by atoms with Crippen LogP contribution in [0.25, 0.3) is 0 Å². The van der Waals surface area contributed by atoms with Gasteiger partial charge in [0.2, 0.25) is 6.29 Å². The van der Waals surface area contributed by atoms with Gasteiger partial charge in [0.25, 0.3) is 0 Å². The molecular formula is C24H32O7. The fraction of sp³-hybridized carbons (Fsp3) is 0.583. The minimum Gasteiger partial charge on any atom is -0.462 e. The molecule has 7 nitrogen and oxygen atoms in total. The van der Waals surface area contributed by atoms with E-state index in [-0.39, 0.29) is 24.0 Å². The van der Waals surface area contributed by atoms with E-state index in [1.165, 1.54) is 20.1 Å². The van der Waals surface area contributed by atoms with Gasteiger partial charge in [-0.3, -0.25) is 19.2 Å². The zero-order valence-corrected chi connectivity index (χ0v) is 18.7. The van der Waals surface area contributed by atoms with Crippen LogP contribution in [-0.2, 0) is 33.4 Å². The summed E-state index contributed by atoms with van der Waals surface area (Å²) in [5, 5.41) is 0. The lowest BCUT2D eigenvalue weighted by Crippen LogP contribution is -2.43. The van der Waals surface area contributed by atoms with E-state index >= 15 is 0 Å². The lowest BCUT2D eigenvalue weighted by Gasteiger charge is -2.40. The van der Waals surface area contributed by atoms with Crippen molar-refractivity contribution < 1.29 is 33.4 Å². The Balaban J connectivity index is 2.51. The monoisotopic (exact) mass is 432 g/mol. The summed E-state index contributed by atoms with van der Waals surface area (Å²) in [5.41, 5.74) is 1.98. The number of hydrogen-bond donors (Lipinski definition) is 0. The molecule has 0 saturated heterocycles. The fourth-order valence-electron chi connectivity index (χ4n) is 4.19. The second-order valence-corrected chi connectivity index (χ2v) is 8.55. The Morgan fingerprint density at radius 1 is 1.23 bits per heavy atom. The molecule has 1 heterocycles. The van der Waals surface area contributed by atoms with E-state index in [1.54, 1.807) is 0 Å². The smallest absolute Gasteiger partial charge is 0.305 e. The number of esters is 2. The predicted octanol–water partition coefficient (Wildman–Crippen LogP) is 3.82. The summed E-state index contributed by atoms with van der Waals surface area (Å²) < 4.78 is 16.6. The van der Waals surface area contributed by atoms with Gasteiger partial charge in [-0.15, -0.1) is 0 Å². The van der Waals surface area contributed by atoms with Crippen LogP contribution in [0.3, 0.4) is 0 Å². The van der Waals surface area contributed by atoms with Crippen LogP contribution in [0.15, 0.2) is 35.6 Å². The highest BCUT2D eigenvalue weighted by atomic mass is 16.7. The van der Waals surface area contributed by atoms with Crippen molar-refractivity contribution in [1.82, 2.24) is 0 Å². The Morgan fingerprint density at radius 2 is 1.94 bits per heavy atom. The second kappa shape index (κ2) is 11.1. The van der Waals surface area contributed by atoms with Crippen LogP contribution in [0.5, 0.6) is 0 Å². The van der Waals surface area contributed by atoms with Gasteiger partial charge < -0.3 is 14.2 Å². The minimum absolute atomic E-state index is 0.0837. The molecule has 0 radical (unpaired) electrons. The van der Waals surface area contributed by atoms with Gasteiger partial charge in [-0.25, -0.2) is 0 Å². The first-order valence-electron chi connectivity index (χ1n) is 10.7. The molecule has 0 N–H and O–H groups in total. The van der Waals surface area contributed by atoms with Gasteiger partial charge in [0.15, 0.2) is 11.9 Å². The number of carbonyl (C=O) groups is 4. The summed E-state index contributed by atoms with van der Waals surface area (Å²) in [7, 11) is 0. The van der Waals surface area contributed by atoms with Gasteiger partial charge in [0.1, 0.15) is 6.29 Å². The van der Waals surface area contributed by atoms with E-state index in [0.717, 1.165) is 11.9 Å². The van der Waals surface area contributed by atoms with Crippen LogP contribution in [0.4, 0.5) is 0 Å². The van der Waals surface area contributed by atoms with Crippen molar-refractivity contribution >= 4 is 24.0 Å². The van der Waals surface area contributed by atoms with Crippen LogP contribution in [0.2, 0.25) is 0 Å². The molecule has 2 rings (SSSR count). The summed E-state index contributed by atoms with van der Waals surface area (Å²) in [6.45, 7) is 10.6. The lowest BCUT2D eigenvalue weighted by molar-refractivity contribution is -0.181. The van der Waals surface area contributed by atoms with Crippen molar-refractivity contribution in [2.75, 3.05) is 0 Å². The van der Waals surface area contributed by atoms with Gasteiger partial charge in [0.05, 0.1) is 12.2 Å². The predicted molar refractivity (Wildman–Crippen MR) is 113 cm³/mol. The number of hydrogen-bond acceptors (Lipinski definition) is 7. The Kier molecular flexibility index (Phi) is 8.77. The SMILES string of the molecule is C=C1CC/C=C(\C=O)CCC2C(C(OC(C)=O)C(=O)CC(C)C)=COC(OC(C)=O)C12. The van der Waals surface area contributed by atoms with Crippen LogP contribution < -0.4 is 0 Å². The van der Waals surface area contributed by atoms with E-state index in [4.69, 9.17) is 14.2 Å². The molecule has 0 aromatic rings. The van der Waals surface area contributed by atoms with E-state index in [9.17, 15) is 19.2 Å². The van der Waals surface area contributed by atoms with Crippen LogP contribution in [0.1, 0.15) is 59.8 Å². The molecule has 31 heavy (non-hydrogen) atoms. The molecule has 4 atom stereocenters. The summed E-state index contributed by atoms with van der Waals surface area (Å²) in [6.07, 6.45) is 4.53. The molecule has 1 aliphatic carbocycles. The standard InChI is InChI=1S/C24H32O7/c1-14(2)11-21(28)23(30-16(4)26)20-13-29-24(31-17(5)27)22-15(3)7-6-8-18(12-25)9-10-19(20)22/h8,12-14,19,22-24H,3,6-7,9-11H2,1-2,4-5H3/b18-8-. The number of ketones is 1.